The van der Waals surface area contributed by atoms with Crippen LogP contribution in [0, 0.1) is 0 Å². The third-order valence-corrected chi connectivity index (χ3v) is 4.25. The van der Waals surface area contributed by atoms with Crippen LogP contribution in [-0.4, -0.2) is 32.3 Å². The number of hydrogen-bond acceptors (Lipinski definition) is 3. The van der Waals surface area contributed by atoms with Crippen molar-refractivity contribution >= 4 is 17.3 Å². The van der Waals surface area contributed by atoms with Gasteiger partial charge in [-0.3, -0.25) is 0 Å². The second-order valence-corrected chi connectivity index (χ2v) is 5.97. The number of hydrogen-bond donors (Lipinski definition) is 1. The summed E-state index contributed by atoms with van der Waals surface area (Å²) >= 11 is 6.42. The number of nitrogens with zero attached hydrogens (tertiary/aromatic N) is 1. The van der Waals surface area contributed by atoms with Gasteiger partial charge in [0.2, 0.25) is 0 Å². The molecule has 112 valence electrons. The molecule has 4 heteroatoms. The summed E-state index contributed by atoms with van der Waals surface area (Å²) in [5.74, 6) is 0. The van der Waals surface area contributed by atoms with E-state index in [0.717, 1.165) is 36.6 Å². The normalized spacial score (nSPS) is 16.2. The third-order valence-electron chi connectivity index (χ3n) is 3.90. The molecular formula is C16H25ClN2O. The van der Waals surface area contributed by atoms with E-state index in [1.165, 1.54) is 18.5 Å². The smallest absolute Gasteiger partial charge is 0.0637 e. The highest BCUT2D eigenvalue weighted by Gasteiger charge is 2.29. The number of ether oxygens (including phenoxy) is 1. The summed E-state index contributed by atoms with van der Waals surface area (Å²) in [5, 5.41) is 0.828. The van der Waals surface area contributed by atoms with Gasteiger partial charge < -0.3 is 15.4 Å². The van der Waals surface area contributed by atoms with E-state index in [1.54, 1.807) is 7.11 Å². The van der Waals surface area contributed by atoms with Crippen LogP contribution in [0.2, 0.25) is 5.02 Å². The third kappa shape index (κ3) is 4.11. The van der Waals surface area contributed by atoms with Gasteiger partial charge in [-0.1, -0.05) is 24.6 Å². The van der Waals surface area contributed by atoms with Crippen molar-refractivity contribution in [3.63, 3.8) is 0 Å². The predicted octanol–water partition coefficient (Wildman–Crippen LogP) is 3.24. The van der Waals surface area contributed by atoms with Gasteiger partial charge in [0.05, 0.1) is 6.61 Å². The lowest BCUT2D eigenvalue weighted by molar-refractivity contribution is 0.205. The van der Waals surface area contributed by atoms with Crippen LogP contribution >= 0.6 is 11.6 Å². The fourth-order valence-corrected chi connectivity index (χ4v) is 2.66. The van der Waals surface area contributed by atoms with Crippen molar-refractivity contribution in [1.29, 1.82) is 0 Å². The van der Waals surface area contributed by atoms with Crippen LogP contribution in [0.4, 0.5) is 5.69 Å². The monoisotopic (exact) mass is 296 g/mol. The Morgan fingerprint density at radius 3 is 2.75 bits per heavy atom. The zero-order valence-corrected chi connectivity index (χ0v) is 13.2. The number of benzene rings is 1. The molecule has 0 amide bonds. The summed E-state index contributed by atoms with van der Waals surface area (Å²) in [5.41, 5.74) is 8.35. The topological polar surface area (TPSA) is 38.5 Å². The van der Waals surface area contributed by atoms with Gasteiger partial charge in [0.25, 0.3) is 0 Å². The maximum Gasteiger partial charge on any atom is 0.0637 e. The van der Waals surface area contributed by atoms with Crippen LogP contribution < -0.4 is 10.6 Å². The van der Waals surface area contributed by atoms with Crippen LogP contribution in [0.1, 0.15) is 31.7 Å². The van der Waals surface area contributed by atoms with Gasteiger partial charge in [0, 0.05) is 36.4 Å². The molecule has 2 rings (SSSR count). The fourth-order valence-electron chi connectivity index (χ4n) is 2.41. The van der Waals surface area contributed by atoms with Gasteiger partial charge in [-0.25, -0.2) is 0 Å². The van der Waals surface area contributed by atoms with E-state index in [4.69, 9.17) is 22.1 Å². The lowest BCUT2D eigenvalue weighted by Gasteiger charge is -2.25. The van der Waals surface area contributed by atoms with Crippen LogP contribution in [-0.2, 0) is 11.2 Å². The summed E-state index contributed by atoms with van der Waals surface area (Å²) in [6.45, 7) is 3.77. The number of anilines is 1. The van der Waals surface area contributed by atoms with Crippen molar-refractivity contribution in [2.24, 2.45) is 5.73 Å². The summed E-state index contributed by atoms with van der Waals surface area (Å²) < 4.78 is 5.20. The summed E-state index contributed by atoms with van der Waals surface area (Å²) in [4.78, 5) is 2.40. The molecule has 0 radical (unpaired) electrons. The molecule has 1 aromatic rings. The first-order valence-electron chi connectivity index (χ1n) is 7.45. The number of halogens is 1. The molecule has 2 N–H and O–H groups in total. The molecule has 0 saturated heterocycles. The highest BCUT2D eigenvalue weighted by Crippen LogP contribution is 2.33. The molecule has 0 bridgehead atoms. The molecule has 1 aromatic carbocycles. The Hall–Kier alpha value is -0.770. The largest absolute Gasteiger partial charge is 0.383 e. The molecule has 3 nitrogen and oxygen atoms in total. The Morgan fingerprint density at radius 2 is 2.20 bits per heavy atom. The second-order valence-electron chi connectivity index (χ2n) is 5.57. The van der Waals surface area contributed by atoms with E-state index in [-0.39, 0.29) is 6.04 Å². The Balaban J connectivity index is 2.09. The van der Waals surface area contributed by atoms with E-state index < -0.39 is 0 Å². The summed E-state index contributed by atoms with van der Waals surface area (Å²) in [6.07, 6.45) is 4.35. The van der Waals surface area contributed by atoms with Crippen molar-refractivity contribution in [2.45, 2.75) is 44.7 Å². The van der Waals surface area contributed by atoms with Crippen molar-refractivity contribution in [2.75, 3.05) is 25.2 Å². The molecule has 1 fully saturated rings. The number of methoxy groups -OCH3 is 1. The van der Waals surface area contributed by atoms with E-state index in [2.05, 4.69) is 30.0 Å². The SMILES string of the molecule is CCC(N)Cc1ccc(N(CCOC)C2CC2)cc1Cl. The van der Waals surface area contributed by atoms with Crippen molar-refractivity contribution in [3.05, 3.63) is 28.8 Å². The average molecular weight is 297 g/mol. The maximum atomic E-state index is 6.42. The first kappa shape index (κ1) is 15.6. The van der Waals surface area contributed by atoms with Gasteiger partial charge in [-0.05, 0) is 43.4 Å². The molecule has 1 aliphatic rings. The highest BCUT2D eigenvalue weighted by atomic mass is 35.5. The van der Waals surface area contributed by atoms with E-state index in [1.807, 2.05) is 0 Å². The lowest BCUT2D eigenvalue weighted by atomic mass is 10.0. The van der Waals surface area contributed by atoms with E-state index >= 15 is 0 Å². The fraction of sp³-hybridized carbons (Fsp3) is 0.625. The molecule has 1 saturated carbocycles. The molecule has 1 atom stereocenters. The molecule has 0 spiro atoms. The molecular weight excluding hydrogens is 272 g/mol. The minimum absolute atomic E-state index is 0.186. The van der Waals surface area contributed by atoms with Gasteiger partial charge >= 0.3 is 0 Å². The Kier molecular flexibility index (Phi) is 5.70. The molecule has 0 aliphatic heterocycles. The zero-order valence-electron chi connectivity index (χ0n) is 12.4. The highest BCUT2D eigenvalue weighted by molar-refractivity contribution is 6.31. The minimum Gasteiger partial charge on any atom is -0.383 e. The zero-order chi connectivity index (χ0) is 14.5. The molecule has 0 heterocycles. The van der Waals surface area contributed by atoms with Gasteiger partial charge in [0.1, 0.15) is 0 Å². The van der Waals surface area contributed by atoms with Crippen LogP contribution in [0.3, 0.4) is 0 Å². The van der Waals surface area contributed by atoms with Crippen LogP contribution in [0.25, 0.3) is 0 Å². The Morgan fingerprint density at radius 1 is 1.45 bits per heavy atom. The summed E-state index contributed by atoms with van der Waals surface area (Å²) in [6, 6.07) is 7.21. The Labute approximate surface area is 127 Å². The minimum atomic E-state index is 0.186. The van der Waals surface area contributed by atoms with E-state index in [0.29, 0.717) is 6.04 Å². The van der Waals surface area contributed by atoms with Crippen LogP contribution in [0.15, 0.2) is 18.2 Å². The van der Waals surface area contributed by atoms with Crippen molar-refractivity contribution in [1.82, 2.24) is 0 Å². The first-order valence-corrected chi connectivity index (χ1v) is 7.83. The van der Waals surface area contributed by atoms with Crippen LogP contribution in [0.5, 0.6) is 0 Å². The molecule has 20 heavy (non-hydrogen) atoms. The number of rotatable bonds is 8. The number of nitrogens with two attached hydrogens (primary N) is 1. The average Bonchev–Trinajstić information content (AvgIpc) is 3.26. The molecule has 1 unspecified atom stereocenters. The van der Waals surface area contributed by atoms with Gasteiger partial charge in [-0.15, -0.1) is 0 Å². The lowest BCUT2D eigenvalue weighted by Crippen LogP contribution is -2.29. The first-order chi connectivity index (χ1) is 9.65. The van der Waals surface area contributed by atoms with E-state index in [9.17, 15) is 0 Å². The quantitative estimate of drug-likeness (QED) is 0.800. The maximum absolute atomic E-state index is 6.42. The molecule has 0 aromatic heterocycles. The Bertz CT molecular complexity index is 434. The van der Waals surface area contributed by atoms with Crippen molar-refractivity contribution < 1.29 is 4.74 Å². The standard InChI is InChI=1S/C16H25ClN2O/c1-3-13(18)10-12-4-5-15(11-16(12)17)19(8-9-20-2)14-6-7-14/h4-5,11,13-14H,3,6-10,18H2,1-2H3. The van der Waals surface area contributed by atoms with Gasteiger partial charge in [0.15, 0.2) is 0 Å². The predicted molar refractivity (Wildman–Crippen MR) is 85.7 cm³/mol. The van der Waals surface area contributed by atoms with Crippen molar-refractivity contribution in [3.8, 4) is 0 Å². The van der Waals surface area contributed by atoms with Gasteiger partial charge in [-0.2, -0.15) is 0 Å². The second kappa shape index (κ2) is 7.30. The molecule has 1 aliphatic carbocycles. The summed E-state index contributed by atoms with van der Waals surface area (Å²) in [7, 11) is 1.74.